The molecule has 0 aliphatic heterocycles. The molecule has 0 saturated heterocycles. The van der Waals surface area contributed by atoms with Gasteiger partial charge in [-0.15, -0.1) is 11.3 Å². The first kappa shape index (κ1) is 17.9. The van der Waals surface area contributed by atoms with Crippen molar-refractivity contribution in [1.82, 2.24) is 4.98 Å². The number of fused-ring (bicyclic) bond motifs is 1. The third kappa shape index (κ3) is 3.53. The van der Waals surface area contributed by atoms with Gasteiger partial charge in [0.2, 0.25) is 0 Å². The summed E-state index contributed by atoms with van der Waals surface area (Å²) in [5, 5.41) is 12.2. The number of rotatable bonds is 5. The molecule has 0 aliphatic rings. The van der Waals surface area contributed by atoms with E-state index in [1.165, 1.54) is 4.70 Å². The van der Waals surface area contributed by atoms with Crippen LogP contribution in [0.25, 0.3) is 10.1 Å². The van der Waals surface area contributed by atoms with Crippen LogP contribution >= 0.6 is 11.3 Å². The molecule has 1 N–H and O–H groups in total. The number of carbonyl (C=O) groups is 1. The number of carbonyl (C=O) groups excluding carboxylic acids is 1. The summed E-state index contributed by atoms with van der Waals surface area (Å²) in [6, 6.07) is 9.93. The van der Waals surface area contributed by atoms with E-state index >= 15 is 0 Å². The number of nitrogens with zero attached hydrogens (tertiary/aromatic N) is 1. The molecular formula is C20H18N2O3S. The van der Waals surface area contributed by atoms with E-state index in [9.17, 15) is 9.59 Å². The van der Waals surface area contributed by atoms with E-state index in [1.54, 1.807) is 25.2 Å². The fraction of sp³-hybridized carbons (Fsp3) is 0.250. The number of hydrogen-bond acceptors (Lipinski definition) is 5. The van der Waals surface area contributed by atoms with Crippen LogP contribution in [-0.2, 0) is 22.6 Å². The Kier molecular flexibility index (Phi) is 5.19. The van der Waals surface area contributed by atoms with Crippen LogP contribution in [0.4, 0.5) is 0 Å². The summed E-state index contributed by atoms with van der Waals surface area (Å²) in [5.41, 5.74) is 2.84. The zero-order chi connectivity index (χ0) is 18.7. The van der Waals surface area contributed by atoms with Gasteiger partial charge >= 0.3 is 5.97 Å². The van der Waals surface area contributed by atoms with Gasteiger partial charge in [0.1, 0.15) is 18.2 Å². The number of H-pyrrole nitrogens is 1. The molecule has 0 saturated carbocycles. The second kappa shape index (κ2) is 7.54. The number of aryl methyl sites for hydroxylation is 1. The molecule has 1 aromatic carbocycles. The van der Waals surface area contributed by atoms with Crippen molar-refractivity contribution in [3.63, 3.8) is 0 Å². The van der Waals surface area contributed by atoms with Crippen molar-refractivity contribution >= 4 is 27.4 Å². The fourth-order valence-electron chi connectivity index (χ4n) is 3.02. The Balaban J connectivity index is 1.65. The third-order valence-electron chi connectivity index (χ3n) is 4.45. The molecule has 0 fully saturated rings. The lowest BCUT2D eigenvalue weighted by Crippen LogP contribution is -2.17. The average Bonchev–Trinajstić information content (AvgIpc) is 3.03. The summed E-state index contributed by atoms with van der Waals surface area (Å²) in [6.07, 6.45) is 0.618. The quantitative estimate of drug-likeness (QED) is 0.697. The summed E-state index contributed by atoms with van der Waals surface area (Å²) < 4.78 is 6.58. The lowest BCUT2D eigenvalue weighted by Gasteiger charge is -2.10. The number of esters is 1. The van der Waals surface area contributed by atoms with E-state index in [1.807, 2.05) is 35.7 Å². The maximum atomic E-state index is 12.1. The van der Waals surface area contributed by atoms with Crippen molar-refractivity contribution in [3.8, 4) is 6.07 Å². The van der Waals surface area contributed by atoms with E-state index in [0.29, 0.717) is 17.7 Å². The number of nitriles is 1. The SMILES string of the molecule is Cc1[nH]c(=O)c(C#N)c(C)c1CCC(=O)OCc1csc2ccccc12. The van der Waals surface area contributed by atoms with Crippen molar-refractivity contribution in [2.45, 2.75) is 33.3 Å². The van der Waals surface area contributed by atoms with Crippen molar-refractivity contribution < 1.29 is 9.53 Å². The molecule has 3 rings (SSSR count). The number of benzene rings is 1. The van der Waals surface area contributed by atoms with Gasteiger partial charge in [0.25, 0.3) is 5.56 Å². The van der Waals surface area contributed by atoms with Crippen molar-refractivity contribution in [1.29, 1.82) is 5.26 Å². The highest BCUT2D eigenvalue weighted by Crippen LogP contribution is 2.26. The Morgan fingerprint density at radius 3 is 2.85 bits per heavy atom. The van der Waals surface area contributed by atoms with Crippen LogP contribution in [0.5, 0.6) is 0 Å². The minimum absolute atomic E-state index is 0.101. The van der Waals surface area contributed by atoms with Gasteiger partial charge in [0.15, 0.2) is 0 Å². The number of ether oxygens (including phenoxy) is 1. The highest BCUT2D eigenvalue weighted by atomic mass is 32.1. The predicted molar refractivity (Wildman–Crippen MR) is 101 cm³/mol. The topological polar surface area (TPSA) is 83.0 Å². The summed E-state index contributed by atoms with van der Waals surface area (Å²) >= 11 is 1.63. The molecule has 0 aliphatic carbocycles. The first-order chi connectivity index (χ1) is 12.5. The minimum atomic E-state index is -0.391. The number of aromatic amines is 1. The lowest BCUT2D eigenvalue weighted by molar-refractivity contribution is -0.144. The van der Waals surface area contributed by atoms with Gasteiger partial charge in [0, 0.05) is 22.4 Å². The normalized spacial score (nSPS) is 10.7. The Labute approximate surface area is 154 Å². The molecule has 2 aromatic heterocycles. The Bertz CT molecular complexity index is 1070. The van der Waals surface area contributed by atoms with Crippen LogP contribution in [0.2, 0.25) is 0 Å². The van der Waals surface area contributed by atoms with Gasteiger partial charge < -0.3 is 9.72 Å². The number of pyridine rings is 1. The van der Waals surface area contributed by atoms with Gasteiger partial charge in [-0.2, -0.15) is 5.26 Å². The number of aromatic nitrogens is 1. The highest BCUT2D eigenvalue weighted by Gasteiger charge is 2.14. The minimum Gasteiger partial charge on any atom is -0.461 e. The first-order valence-electron chi connectivity index (χ1n) is 8.24. The average molecular weight is 366 g/mol. The second-order valence-electron chi connectivity index (χ2n) is 6.09. The summed E-state index contributed by atoms with van der Waals surface area (Å²) in [6.45, 7) is 3.75. The molecule has 26 heavy (non-hydrogen) atoms. The van der Waals surface area contributed by atoms with Crippen LogP contribution < -0.4 is 5.56 Å². The largest absolute Gasteiger partial charge is 0.461 e. The molecule has 2 heterocycles. The predicted octanol–water partition coefficient (Wildman–Crippen LogP) is 3.75. The molecule has 0 atom stereocenters. The third-order valence-corrected chi connectivity index (χ3v) is 5.46. The van der Waals surface area contributed by atoms with Crippen LogP contribution in [0.1, 0.15) is 34.4 Å². The van der Waals surface area contributed by atoms with Gasteiger partial charge in [-0.25, -0.2) is 0 Å². The molecule has 0 unspecified atom stereocenters. The van der Waals surface area contributed by atoms with Crippen molar-refractivity contribution in [3.05, 3.63) is 67.9 Å². The fourth-order valence-corrected chi connectivity index (χ4v) is 3.97. The first-order valence-corrected chi connectivity index (χ1v) is 9.12. The van der Waals surface area contributed by atoms with E-state index in [0.717, 1.165) is 16.5 Å². The standard InChI is InChI=1S/C20H18N2O3S/c1-12-15(13(2)22-20(24)17(12)9-21)7-8-19(23)25-10-14-11-26-18-6-4-3-5-16(14)18/h3-6,11H,7-8,10H2,1-2H3,(H,22,24). The van der Waals surface area contributed by atoms with Gasteiger partial charge in [-0.3, -0.25) is 9.59 Å². The molecule has 132 valence electrons. The zero-order valence-corrected chi connectivity index (χ0v) is 15.4. The lowest BCUT2D eigenvalue weighted by atomic mass is 9.99. The van der Waals surface area contributed by atoms with Crippen molar-refractivity contribution in [2.75, 3.05) is 0 Å². The highest BCUT2D eigenvalue weighted by molar-refractivity contribution is 7.17. The van der Waals surface area contributed by atoms with Gasteiger partial charge in [-0.1, -0.05) is 18.2 Å². The maximum Gasteiger partial charge on any atom is 0.306 e. The molecule has 3 aromatic rings. The Hall–Kier alpha value is -2.91. The molecule has 0 bridgehead atoms. The summed E-state index contributed by atoms with van der Waals surface area (Å²) in [4.78, 5) is 26.6. The monoisotopic (exact) mass is 366 g/mol. The Morgan fingerprint density at radius 1 is 1.31 bits per heavy atom. The van der Waals surface area contributed by atoms with Crippen LogP contribution in [0.3, 0.4) is 0 Å². The number of hydrogen-bond donors (Lipinski definition) is 1. The molecule has 0 spiro atoms. The van der Waals surface area contributed by atoms with Gasteiger partial charge in [0.05, 0.1) is 0 Å². The zero-order valence-electron chi connectivity index (χ0n) is 14.6. The van der Waals surface area contributed by atoms with Crippen LogP contribution in [0, 0.1) is 25.2 Å². The molecule has 6 heteroatoms. The molecular weight excluding hydrogens is 348 g/mol. The smallest absolute Gasteiger partial charge is 0.306 e. The summed E-state index contributed by atoms with van der Waals surface area (Å²) in [5.74, 6) is -0.302. The Morgan fingerprint density at radius 2 is 2.08 bits per heavy atom. The van der Waals surface area contributed by atoms with Crippen molar-refractivity contribution in [2.24, 2.45) is 0 Å². The van der Waals surface area contributed by atoms with Crippen LogP contribution in [-0.4, -0.2) is 11.0 Å². The maximum absolute atomic E-state index is 12.1. The second-order valence-corrected chi connectivity index (χ2v) is 7.00. The molecule has 0 radical (unpaired) electrons. The molecule has 5 nitrogen and oxygen atoms in total. The number of nitrogens with one attached hydrogen (secondary N) is 1. The van der Waals surface area contributed by atoms with E-state index < -0.39 is 5.56 Å². The molecule has 0 amide bonds. The van der Waals surface area contributed by atoms with Gasteiger partial charge in [-0.05, 0) is 48.2 Å². The number of thiophene rings is 1. The van der Waals surface area contributed by atoms with E-state index in [4.69, 9.17) is 10.00 Å². The van der Waals surface area contributed by atoms with Crippen LogP contribution in [0.15, 0.2) is 34.4 Å². The van der Waals surface area contributed by atoms with E-state index in [-0.39, 0.29) is 24.6 Å². The summed E-state index contributed by atoms with van der Waals surface area (Å²) in [7, 11) is 0. The van der Waals surface area contributed by atoms with E-state index in [2.05, 4.69) is 4.98 Å².